The van der Waals surface area contributed by atoms with E-state index in [0.29, 0.717) is 21.9 Å². The SMILES string of the molecule is Cc1nc2c(cnn2-c2cccc(Cl)c2)c(=O)[nH]1. The Bertz CT molecular complexity index is 790. The van der Waals surface area contributed by atoms with Gasteiger partial charge in [0.1, 0.15) is 11.2 Å². The first-order valence-corrected chi connectivity index (χ1v) is 5.73. The predicted molar refractivity (Wildman–Crippen MR) is 69.2 cm³/mol. The lowest BCUT2D eigenvalue weighted by molar-refractivity contribution is 0.888. The summed E-state index contributed by atoms with van der Waals surface area (Å²) in [4.78, 5) is 18.7. The first-order valence-electron chi connectivity index (χ1n) is 5.36. The molecule has 0 bridgehead atoms. The van der Waals surface area contributed by atoms with Crippen LogP contribution in [0.4, 0.5) is 0 Å². The molecule has 90 valence electrons. The summed E-state index contributed by atoms with van der Waals surface area (Å²) in [5.41, 5.74) is 1.11. The third-order valence-electron chi connectivity index (χ3n) is 2.61. The van der Waals surface area contributed by atoms with E-state index in [9.17, 15) is 4.79 Å². The second-order valence-corrected chi connectivity index (χ2v) is 4.36. The van der Waals surface area contributed by atoms with Crippen LogP contribution < -0.4 is 5.56 Å². The Morgan fingerprint density at radius 1 is 1.39 bits per heavy atom. The molecule has 0 amide bonds. The van der Waals surface area contributed by atoms with Gasteiger partial charge in [-0.25, -0.2) is 9.67 Å². The molecule has 0 aliphatic carbocycles. The van der Waals surface area contributed by atoms with Crippen LogP contribution in [0.5, 0.6) is 0 Å². The molecule has 1 aromatic carbocycles. The van der Waals surface area contributed by atoms with Crippen molar-refractivity contribution in [2.24, 2.45) is 0 Å². The number of nitrogens with one attached hydrogen (secondary N) is 1. The van der Waals surface area contributed by atoms with Crippen molar-refractivity contribution < 1.29 is 0 Å². The van der Waals surface area contributed by atoms with E-state index in [4.69, 9.17) is 11.6 Å². The Kier molecular flexibility index (Phi) is 2.41. The highest BCUT2D eigenvalue weighted by Gasteiger charge is 2.10. The van der Waals surface area contributed by atoms with Crippen molar-refractivity contribution >= 4 is 22.6 Å². The van der Waals surface area contributed by atoms with Gasteiger partial charge in [-0.2, -0.15) is 5.10 Å². The number of nitrogens with zero attached hydrogens (tertiary/aromatic N) is 3. The number of aryl methyl sites for hydroxylation is 1. The fourth-order valence-electron chi connectivity index (χ4n) is 1.83. The second-order valence-electron chi connectivity index (χ2n) is 3.92. The molecule has 2 aromatic heterocycles. The van der Waals surface area contributed by atoms with Crippen LogP contribution in [0.3, 0.4) is 0 Å². The number of halogens is 1. The monoisotopic (exact) mass is 260 g/mol. The van der Waals surface area contributed by atoms with E-state index >= 15 is 0 Å². The molecule has 6 heteroatoms. The molecule has 0 saturated carbocycles. The van der Waals surface area contributed by atoms with Gasteiger partial charge in [-0.15, -0.1) is 0 Å². The molecule has 0 unspecified atom stereocenters. The number of rotatable bonds is 1. The van der Waals surface area contributed by atoms with Gasteiger partial charge in [0.05, 0.1) is 11.9 Å². The smallest absolute Gasteiger partial charge is 0.262 e. The fourth-order valence-corrected chi connectivity index (χ4v) is 2.01. The molecule has 0 spiro atoms. The maximum Gasteiger partial charge on any atom is 0.262 e. The van der Waals surface area contributed by atoms with Crippen molar-refractivity contribution in [1.82, 2.24) is 19.7 Å². The van der Waals surface area contributed by atoms with E-state index in [0.717, 1.165) is 5.69 Å². The maximum atomic E-state index is 11.7. The summed E-state index contributed by atoms with van der Waals surface area (Å²) in [5.74, 6) is 0.552. The van der Waals surface area contributed by atoms with Gasteiger partial charge < -0.3 is 4.98 Å². The molecule has 18 heavy (non-hydrogen) atoms. The quantitative estimate of drug-likeness (QED) is 0.728. The van der Waals surface area contributed by atoms with Gasteiger partial charge in [-0.3, -0.25) is 4.79 Å². The van der Waals surface area contributed by atoms with Crippen molar-refractivity contribution in [1.29, 1.82) is 0 Å². The predicted octanol–water partition coefficient (Wildman–Crippen LogP) is 2.07. The Labute approximate surface area is 107 Å². The van der Waals surface area contributed by atoms with Crippen LogP contribution >= 0.6 is 11.6 Å². The Morgan fingerprint density at radius 3 is 3.00 bits per heavy atom. The third-order valence-corrected chi connectivity index (χ3v) is 2.84. The normalized spacial score (nSPS) is 11.0. The minimum Gasteiger partial charge on any atom is -0.310 e. The molecule has 0 fully saturated rings. The van der Waals surface area contributed by atoms with Crippen LogP contribution in [0.15, 0.2) is 35.3 Å². The lowest BCUT2D eigenvalue weighted by Gasteiger charge is -2.03. The van der Waals surface area contributed by atoms with Crippen molar-refractivity contribution in [3.63, 3.8) is 0 Å². The lowest BCUT2D eigenvalue weighted by Crippen LogP contribution is -2.10. The van der Waals surface area contributed by atoms with Gasteiger partial charge in [-0.1, -0.05) is 17.7 Å². The molecule has 0 radical (unpaired) electrons. The number of aromatic amines is 1. The van der Waals surface area contributed by atoms with E-state index < -0.39 is 0 Å². The molecule has 5 nitrogen and oxygen atoms in total. The molecule has 0 aliphatic rings. The summed E-state index contributed by atoms with van der Waals surface area (Å²) in [6.45, 7) is 1.73. The average molecular weight is 261 g/mol. The van der Waals surface area contributed by atoms with Crippen LogP contribution in [-0.4, -0.2) is 19.7 Å². The van der Waals surface area contributed by atoms with Crippen molar-refractivity contribution in [3.8, 4) is 5.69 Å². The van der Waals surface area contributed by atoms with Crippen LogP contribution in [-0.2, 0) is 0 Å². The zero-order valence-electron chi connectivity index (χ0n) is 9.51. The lowest BCUT2D eigenvalue weighted by atomic mass is 10.3. The largest absolute Gasteiger partial charge is 0.310 e. The topological polar surface area (TPSA) is 63.6 Å². The van der Waals surface area contributed by atoms with Gasteiger partial charge in [0.15, 0.2) is 5.65 Å². The third kappa shape index (κ3) is 1.69. The molecular weight excluding hydrogens is 252 g/mol. The minimum absolute atomic E-state index is 0.189. The first kappa shape index (κ1) is 11.0. The van der Waals surface area contributed by atoms with Gasteiger partial charge in [0.2, 0.25) is 0 Å². The van der Waals surface area contributed by atoms with E-state index in [1.54, 1.807) is 23.7 Å². The number of hydrogen-bond acceptors (Lipinski definition) is 3. The van der Waals surface area contributed by atoms with E-state index in [1.165, 1.54) is 6.20 Å². The average Bonchev–Trinajstić information content (AvgIpc) is 2.72. The number of fused-ring (bicyclic) bond motifs is 1. The second kappa shape index (κ2) is 3.96. The standard InChI is InChI=1S/C12H9ClN4O/c1-7-15-11-10(12(18)16-7)6-14-17(11)9-4-2-3-8(13)5-9/h2-6H,1H3,(H,15,16,18). The minimum atomic E-state index is -0.189. The van der Waals surface area contributed by atoms with Crippen LogP contribution in [0.1, 0.15) is 5.82 Å². The Balaban J connectivity index is 2.34. The van der Waals surface area contributed by atoms with E-state index in [2.05, 4.69) is 15.1 Å². The van der Waals surface area contributed by atoms with Crippen molar-refractivity contribution in [3.05, 3.63) is 51.7 Å². The van der Waals surface area contributed by atoms with Crippen LogP contribution in [0, 0.1) is 6.92 Å². The van der Waals surface area contributed by atoms with Gasteiger partial charge in [0, 0.05) is 5.02 Å². The molecule has 0 saturated heterocycles. The zero-order valence-corrected chi connectivity index (χ0v) is 10.3. The highest BCUT2D eigenvalue weighted by molar-refractivity contribution is 6.30. The fraction of sp³-hybridized carbons (Fsp3) is 0.0833. The van der Waals surface area contributed by atoms with Crippen molar-refractivity contribution in [2.75, 3.05) is 0 Å². The first-order chi connectivity index (χ1) is 8.65. The molecule has 2 heterocycles. The van der Waals surface area contributed by atoms with Crippen LogP contribution in [0.25, 0.3) is 16.7 Å². The highest BCUT2D eigenvalue weighted by atomic mass is 35.5. The molecular formula is C12H9ClN4O. The summed E-state index contributed by atoms with van der Waals surface area (Å²) in [5, 5.41) is 5.25. The van der Waals surface area contributed by atoms with Crippen molar-refractivity contribution in [2.45, 2.75) is 6.92 Å². The van der Waals surface area contributed by atoms with Gasteiger partial charge in [0.25, 0.3) is 5.56 Å². The summed E-state index contributed by atoms with van der Waals surface area (Å²) < 4.78 is 1.60. The summed E-state index contributed by atoms with van der Waals surface area (Å²) in [6, 6.07) is 7.23. The number of H-pyrrole nitrogens is 1. The van der Waals surface area contributed by atoms with Crippen LogP contribution in [0.2, 0.25) is 5.02 Å². The Hall–Kier alpha value is -2.14. The number of benzene rings is 1. The zero-order chi connectivity index (χ0) is 12.7. The summed E-state index contributed by atoms with van der Waals surface area (Å²) >= 11 is 5.95. The summed E-state index contributed by atoms with van der Waals surface area (Å²) in [7, 11) is 0. The molecule has 1 N–H and O–H groups in total. The Morgan fingerprint density at radius 2 is 2.22 bits per heavy atom. The number of aromatic nitrogens is 4. The van der Waals surface area contributed by atoms with Gasteiger partial charge >= 0.3 is 0 Å². The maximum absolute atomic E-state index is 11.7. The molecule has 0 atom stereocenters. The highest BCUT2D eigenvalue weighted by Crippen LogP contribution is 2.17. The van der Waals surface area contributed by atoms with E-state index in [1.807, 2.05) is 12.1 Å². The molecule has 0 aliphatic heterocycles. The molecule has 3 rings (SSSR count). The van der Waals surface area contributed by atoms with Gasteiger partial charge in [-0.05, 0) is 25.1 Å². The molecule has 3 aromatic rings. The summed E-state index contributed by atoms with van der Waals surface area (Å²) in [6.07, 6.45) is 1.50. The van der Waals surface area contributed by atoms with E-state index in [-0.39, 0.29) is 5.56 Å². The number of hydrogen-bond donors (Lipinski definition) is 1.